The molecule has 0 aliphatic rings. The van der Waals surface area contributed by atoms with E-state index in [0.29, 0.717) is 12.8 Å². The number of carbonyl (C=O) groups is 1. The summed E-state index contributed by atoms with van der Waals surface area (Å²) in [6, 6.07) is -0.707. The van der Waals surface area contributed by atoms with Gasteiger partial charge in [-0.2, -0.15) is 0 Å². The number of hydrogen-bond acceptors (Lipinski definition) is 4. The maximum atomic E-state index is 12.6. The molecule has 1 amide bonds. The minimum absolute atomic E-state index is 0.307. The highest BCUT2D eigenvalue weighted by molar-refractivity contribution is 5.80. The van der Waals surface area contributed by atoms with Crippen molar-refractivity contribution in [2.24, 2.45) is 0 Å². The SMILES string of the molecule is CCCCCCCCCCCCCCCCCCCCCCCCCCCCCC(O)C(=O)NC(CO)C(O)CCCCCCCCCCCCCCCCCCCCCCC. The Bertz CT molecular complexity index is 838. The smallest absolute Gasteiger partial charge is 0.249 e. The number of carbonyl (C=O) groups excluding carboxylic acids is 1. The maximum Gasteiger partial charge on any atom is 0.249 e. The lowest BCUT2D eigenvalue weighted by Crippen LogP contribution is -2.49. The topological polar surface area (TPSA) is 89.8 Å². The molecule has 0 saturated heterocycles. The van der Waals surface area contributed by atoms with Crippen LogP contribution < -0.4 is 5.32 Å². The molecule has 0 aliphatic heterocycles. The van der Waals surface area contributed by atoms with E-state index in [4.69, 9.17) is 0 Å². The number of rotatable bonds is 54. The van der Waals surface area contributed by atoms with Crippen molar-refractivity contribution in [3.63, 3.8) is 0 Å². The minimum atomic E-state index is -1.07. The number of hydrogen-bond donors (Lipinski definition) is 4. The van der Waals surface area contributed by atoms with Crippen molar-refractivity contribution in [3.8, 4) is 0 Å². The van der Waals surface area contributed by atoms with E-state index in [1.165, 1.54) is 276 Å². The summed E-state index contributed by atoms with van der Waals surface area (Å²) in [5.74, 6) is -0.461. The van der Waals surface area contributed by atoms with Crippen LogP contribution in [0.5, 0.6) is 0 Å². The van der Waals surface area contributed by atoms with Gasteiger partial charge in [0, 0.05) is 0 Å². The summed E-state index contributed by atoms with van der Waals surface area (Å²) in [5, 5.41) is 33.6. The summed E-state index contributed by atoms with van der Waals surface area (Å²) < 4.78 is 0. The summed E-state index contributed by atoms with van der Waals surface area (Å²) in [4.78, 5) is 12.6. The van der Waals surface area contributed by atoms with Crippen LogP contribution in [0, 0.1) is 0 Å². The van der Waals surface area contributed by atoms with Crippen LogP contribution in [-0.4, -0.2) is 46.1 Å². The molecule has 0 fully saturated rings. The van der Waals surface area contributed by atoms with Crippen molar-refractivity contribution < 1.29 is 20.1 Å². The fraction of sp³-hybridized carbons (Fsp3) is 0.982. The average molecular weight is 879 g/mol. The molecule has 5 heteroatoms. The quantitative estimate of drug-likeness (QED) is 0.0458. The molecular formula is C57H115NO4. The van der Waals surface area contributed by atoms with Crippen LogP contribution in [0.15, 0.2) is 0 Å². The molecular weight excluding hydrogens is 763 g/mol. The first-order valence-corrected chi connectivity index (χ1v) is 28.8. The van der Waals surface area contributed by atoms with E-state index >= 15 is 0 Å². The lowest BCUT2D eigenvalue weighted by molar-refractivity contribution is -0.131. The predicted octanol–water partition coefficient (Wildman–Crippen LogP) is 17.7. The molecule has 0 aromatic rings. The molecule has 3 unspecified atom stereocenters. The molecule has 372 valence electrons. The van der Waals surface area contributed by atoms with Gasteiger partial charge in [-0.15, -0.1) is 0 Å². The third-order valence-corrected chi connectivity index (χ3v) is 14.0. The van der Waals surface area contributed by atoms with Crippen molar-refractivity contribution >= 4 is 5.91 Å². The van der Waals surface area contributed by atoms with Gasteiger partial charge in [-0.1, -0.05) is 322 Å². The summed E-state index contributed by atoms with van der Waals surface area (Å²) >= 11 is 0. The Kier molecular flexibility index (Phi) is 52.4. The summed E-state index contributed by atoms with van der Waals surface area (Å²) in [6.45, 7) is 4.28. The molecule has 5 nitrogen and oxygen atoms in total. The van der Waals surface area contributed by atoms with E-state index in [1.807, 2.05) is 0 Å². The number of aliphatic hydroxyl groups is 3. The first-order valence-electron chi connectivity index (χ1n) is 28.8. The van der Waals surface area contributed by atoms with E-state index in [0.717, 1.165) is 32.1 Å². The maximum absolute atomic E-state index is 12.6. The van der Waals surface area contributed by atoms with Crippen LogP contribution >= 0.6 is 0 Å². The Hall–Kier alpha value is -0.650. The van der Waals surface area contributed by atoms with Gasteiger partial charge in [0.1, 0.15) is 6.10 Å². The Morgan fingerprint density at radius 2 is 0.516 bits per heavy atom. The van der Waals surface area contributed by atoms with Crippen LogP contribution in [0.2, 0.25) is 0 Å². The molecule has 62 heavy (non-hydrogen) atoms. The highest BCUT2D eigenvalue weighted by Crippen LogP contribution is 2.19. The Labute approximate surface area is 389 Å². The Morgan fingerprint density at radius 1 is 0.323 bits per heavy atom. The van der Waals surface area contributed by atoms with E-state index in [9.17, 15) is 20.1 Å². The van der Waals surface area contributed by atoms with E-state index in [-0.39, 0.29) is 6.61 Å². The molecule has 0 heterocycles. The number of aliphatic hydroxyl groups excluding tert-OH is 3. The molecule has 0 aromatic heterocycles. The Morgan fingerprint density at radius 3 is 0.726 bits per heavy atom. The van der Waals surface area contributed by atoms with Gasteiger partial charge >= 0.3 is 0 Å². The summed E-state index contributed by atoms with van der Waals surface area (Å²) in [6.07, 6.45) is 64.4. The predicted molar refractivity (Wildman–Crippen MR) is 273 cm³/mol. The summed E-state index contributed by atoms with van der Waals surface area (Å²) in [7, 11) is 0. The van der Waals surface area contributed by atoms with Gasteiger partial charge in [0.15, 0.2) is 0 Å². The third-order valence-electron chi connectivity index (χ3n) is 14.0. The van der Waals surface area contributed by atoms with Gasteiger partial charge in [0.05, 0.1) is 18.8 Å². The first kappa shape index (κ1) is 61.4. The highest BCUT2D eigenvalue weighted by Gasteiger charge is 2.23. The fourth-order valence-electron chi connectivity index (χ4n) is 9.49. The van der Waals surface area contributed by atoms with Crippen molar-refractivity contribution in [1.29, 1.82) is 0 Å². The van der Waals surface area contributed by atoms with Gasteiger partial charge < -0.3 is 20.6 Å². The van der Waals surface area contributed by atoms with Gasteiger partial charge in [-0.05, 0) is 12.8 Å². The lowest BCUT2D eigenvalue weighted by atomic mass is 10.0. The molecule has 4 N–H and O–H groups in total. The largest absolute Gasteiger partial charge is 0.394 e. The molecule has 0 rings (SSSR count). The molecule has 0 saturated carbocycles. The molecule has 0 radical (unpaired) electrons. The highest BCUT2D eigenvalue weighted by atomic mass is 16.3. The zero-order valence-corrected chi connectivity index (χ0v) is 42.5. The van der Waals surface area contributed by atoms with Crippen LogP contribution in [0.25, 0.3) is 0 Å². The van der Waals surface area contributed by atoms with E-state index < -0.39 is 24.2 Å². The molecule has 0 spiro atoms. The van der Waals surface area contributed by atoms with Crippen molar-refractivity contribution in [2.75, 3.05) is 6.61 Å². The van der Waals surface area contributed by atoms with E-state index in [1.54, 1.807) is 0 Å². The van der Waals surface area contributed by atoms with Gasteiger partial charge in [-0.25, -0.2) is 0 Å². The van der Waals surface area contributed by atoms with Crippen molar-refractivity contribution in [2.45, 2.75) is 353 Å². The zero-order valence-electron chi connectivity index (χ0n) is 42.5. The van der Waals surface area contributed by atoms with Crippen LogP contribution in [0.4, 0.5) is 0 Å². The molecule has 3 atom stereocenters. The van der Waals surface area contributed by atoms with Crippen molar-refractivity contribution in [3.05, 3.63) is 0 Å². The van der Waals surface area contributed by atoms with Gasteiger partial charge in [-0.3, -0.25) is 4.79 Å². The normalized spacial score (nSPS) is 13.2. The van der Waals surface area contributed by atoms with Gasteiger partial charge in [0.25, 0.3) is 0 Å². The second-order valence-electron chi connectivity index (χ2n) is 20.2. The molecule has 0 aromatic carbocycles. The zero-order chi connectivity index (χ0) is 45.1. The van der Waals surface area contributed by atoms with Gasteiger partial charge in [0.2, 0.25) is 5.91 Å². The van der Waals surface area contributed by atoms with Crippen LogP contribution in [-0.2, 0) is 4.79 Å². The Balaban J connectivity index is 3.48. The summed E-state index contributed by atoms with van der Waals surface area (Å²) in [5.41, 5.74) is 0. The van der Waals surface area contributed by atoms with Crippen LogP contribution in [0.1, 0.15) is 335 Å². The first-order chi connectivity index (χ1) is 30.6. The average Bonchev–Trinajstić information content (AvgIpc) is 3.28. The van der Waals surface area contributed by atoms with Crippen LogP contribution in [0.3, 0.4) is 0 Å². The van der Waals surface area contributed by atoms with Crippen molar-refractivity contribution in [1.82, 2.24) is 5.32 Å². The number of amides is 1. The number of unbranched alkanes of at least 4 members (excludes halogenated alkanes) is 46. The standard InChI is InChI=1S/C57H115NO4/c1-3-5-7-9-11-13-15-17-19-21-23-25-26-27-28-29-30-32-34-36-38-40-42-44-46-48-50-52-56(61)57(62)58-54(53-59)55(60)51-49-47-45-43-41-39-37-35-33-31-24-22-20-18-16-14-12-10-8-6-4-2/h54-56,59-61H,3-53H2,1-2H3,(H,58,62). The minimum Gasteiger partial charge on any atom is -0.394 e. The lowest BCUT2D eigenvalue weighted by Gasteiger charge is -2.23. The van der Waals surface area contributed by atoms with E-state index in [2.05, 4.69) is 19.2 Å². The number of nitrogens with one attached hydrogen (secondary N) is 1. The second kappa shape index (κ2) is 53.0. The fourth-order valence-corrected chi connectivity index (χ4v) is 9.49. The molecule has 0 aliphatic carbocycles. The third kappa shape index (κ3) is 47.3. The monoisotopic (exact) mass is 878 g/mol. The second-order valence-corrected chi connectivity index (χ2v) is 20.2. The molecule has 0 bridgehead atoms.